The van der Waals surface area contributed by atoms with E-state index in [0.29, 0.717) is 6.42 Å². The fraction of sp³-hybridized carbons (Fsp3) is 0.400. The number of nitrogens with zero attached hydrogens (tertiary/aromatic N) is 1. The third-order valence-corrected chi connectivity index (χ3v) is 3.28. The maximum atomic E-state index is 11.4. The molecule has 0 radical (unpaired) electrons. The van der Waals surface area contributed by atoms with Gasteiger partial charge in [0.25, 0.3) is 5.69 Å². The van der Waals surface area contributed by atoms with E-state index in [1.807, 2.05) is 6.92 Å². The number of benzene rings is 1. The van der Waals surface area contributed by atoms with Gasteiger partial charge in [0, 0.05) is 12.1 Å². The quantitative estimate of drug-likeness (QED) is 0.644. The van der Waals surface area contributed by atoms with Gasteiger partial charge in [-0.25, -0.2) is 13.6 Å². The minimum Gasteiger partial charge on any atom is -0.489 e. The van der Waals surface area contributed by atoms with E-state index in [0.717, 1.165) is 6.07 Å². The van der Waals surface area contributed by atoms with Crippen LogP contribution < -0.4 is 9.88 Å². The first kappa shape index (κ1) is 14.4. The monoisotopic (exact) mass is 274 g/mol. The molecule has 1 aromatic rings. The molecule has 1 rings (SSSR count). The highest BCUT2D eigenvalue weighted by Gasteiger charge is 2.20. The lowest BCUT2D eigenvalue weighted by Gasteiger charge is -2.14. The summed E-state index contributed by atoms with van der Waals surface area (Å²) in [5.41, 5.74) is -0.351. The number of primary sulfonamides is 1. The van der Waals surface area contributed by atoms with Crippen LogP contribution in [-0.4, -0.2) is 19.4 Å². The standard InChI is InChI=1S/C10H14N2O5S/c1-3-7(2)17-9-5-4-8(12(13)14)6-10(9)18(11,15)16/h4-7H,3H2,1-2H3,(H2,11,15,16). The summed E-state index contributed by atoms with van der Waals surface area (Å²) in [6.07, 6.45) is 0.452. The number of nitro groups is 1. The van der Waals surface area contributed by atoms with Gasteiger partial charge in [0.2, 0.25) is 10.0 Å². The first-order valence-electron chi connectivity index (χ1n) is 5.23. The topological polar surface area (TPSA) is 113 Å². The van der Waals surface area contributed by atoms with Gasteiger partial charge in [-0.15, -0.1) is 0 Å². The largest absolute Gasteiger partial charge is 0.489 e. The second-order valence-electron chi connectivity index (χ2n) is 3.77. The average molecular weight is 274 g/mol. The molecule has 7 nitrogen and oxygen atoms in total. The normalized spacial score (nSPS) is 13.1. The van der Waals surface area contributed by atoms with Crippen molar-refractivity contribution in [3.63, 3.8) is 0 Å². The highest BCUT2D eigenvalue weighted by molar-refractivity contribution is 7.89. The molecule has 1 unspecified atom stereocenters. The summed E-state index contributed by atoms with van der Waals surface area (Å²) >= 11 is 0. The van der Waals surface area contributed by atoms with Crippen molar-refractivity contribution in [2.24, 2.45) is 5.14 Å². The number of ether oxygens (including phenoxy) is 1. The minimum atomic E-state index is -4.07. The number of rotatable bonds is 5. The molecule has 1 aromatic carbocycles. The van der Waals surface area contributed by atoms with E-state index in [1.165, 1.54) is 12.1 Å². The van der Waals surface area contributed by atoms with E-state index in [4.69, 9.17) is 9.88 Å². The lowest BCUT2D eigenvalue weighted by Crippen LogP contribution is -2.17. The fourth-order valence-corrected chi connectivity index (χ4v) is 1.91. The summed E-state index contributed by atoms with van der Waals surface area (Å²) in [7, 11) is -4.07. The van der Waals surface area contributed by atoms with Crippen LogP contribution >= 0.6 is 0 Å². The summed E-state index contributed by atoms with van der Waals surface area (Å²) in [5, 5.41) is 15.6. The maximum Gasteiger partial charge on any atom is 0.271 e. The highest BCUT2D eigenvalue weighted by atomic mass is 32.2. The molecule has 0 bridgehead atoms. The Morgan fingerprint density at radius 3 is 2.56 bits per heavy atom. The number of hydrogen-bond donors (Lipinski definition) is 1. The molecular formula is C10H14N2O5S. The molecule has 0 aliphatic carbocycles. The van der Waals surface area contributed by atoms with Crippen LogP contribution in [0.4, 0.5) is 5.69 Å². The molecular weight excluding hydrogens is 260 g/mol. The molecule has 0 fully saturated rings. The first-order chi connectivity index (χ1) is 8.25. The van der Waals surface area contributed by atoms with Crippen molar-refractivity contribution in [1.29, 1.82) is 0 Å². The molecule has 0 heterocycles. The van der Waals surface area contributed by atoms with Gasteiger partial charge in [-0.3, -0.25) is 10.1 Å². The molecule has 0 aliphatic rings. The van der Waals surface area contributed by atoms with E-state index in [2.05, 4.69) is 0 Å². The Bertz CT molecular complexity index is 555. The van der Waals surface area contributed by atoms with E-state index in [1.54, 1.807) is 6.92 Å². The lowest BCUT2D eigenvalue weighted by atomic mass is 10.3. The summed E-state index contributed by atoms with van der Waals surface area (Å²) in [6, 6.07) is 3.31. The highest BCUT2D eigenvalue weighted by Crippen LogP contribution is 2.28. The zero-order valence-electron chi connectivity index (χ0n) is 9.99. The molecule has 100 valence electrons. The molecule has 1 atom stereocenters. The molecule has 2 N–H and O–H groups in total. The van der Waals surface area contributed by atoms with Gasteiger partial charge in [0.15, 0.2) is 0 Å². The summed E-state index contributed by atoms with van der Waals surface area (Å²) in [4.78, 5) is 9.53. The number of nitrogens with two attached hydrogens (primary N) is 1. The SMILES string of the molecule is CCC(C)Oc1ccc([N+](=O)[O-])cc1S(N)(=O)=O. The van der Waals surface area contributed by atoms with Crippen LogP contribution in [0.2, 0.25) is 0 Å². The number of sulfonamides is 1. The molecule has 0 saturated heterocycles. The summed E-state index contributed by atoms with van der Waals surface area (Å²) in [5.74, 6) is 0.0254. The van der Waals surface area contributed by atoms with Crippen molar-refractivity contribution in [1.82, 2.24) is 0 Å². The van der Waals surface area contributed by atoms with Crippen LogP contribution in [0.15, 0.2) is 23.1 Å². The predicted octanol–water partition coefficient (Wildman–Crippen LogP) is 1.42. The Morgan fingerprint density at radius 1 is 1.50 bits per heavy atom. The number of hydrogen-bond acceptors (Lipinski definition) is 5. The Kier molecular flexibility index (Phi) is 4.25. The van der Waals surface area contributed by atoms with Crippen LogP contribution in [0, 0.1) is 10.1 Å². The molecule has 0 aliphatic heterocycles. The maximum absolute atomic E-state index is 11.4. The first-order valence-corrected chi connectivity index (χ1v) is 6.78. The predicted molar refractivity (Wildman–Crippen MR) is 64.9 cm³/mol. The lowest BCUT2D eigenvalue weighted by molar-refractivity contribution is -0.385. The van der Waals surface area contributed by atoms with Gasteiger partial charge in [0.1, 0.15) is 10.6 Å². The average Bonchev–Trinajstić information content (AvgIpc) is 2.27. The second-order valence-corrected chi connectivity index (χ2v) is 5.30. The Morgan fingerprint density at radius 2 is 2.11 bits per heavy atom. The van der Waals surface area contributed by atoms with E-state index in [-0.39, 0.29) is 22.4 Å². The van der Waals surface area contributed by atoms with Crippen LogP contribution in [-0.2, 0) is 10.0 Å². The van der Waals surface area contributed by atoms with Gasteiger partial charge in [-0.1, -0.05) is 6.92 Å². The van der Waals surface area contributed by atoms with Gasteiger partial charge >= 0.3 is 0 Å². The van der Waals surface area contributed by atoms with Crippen LogP contribution in [0.5, 0.6) is 5.75 Å². The van der Waals surface area contributed by atoms with Gasteiger partial charge in [0.05, 0.1) is 11.0 Å². The third kappa shape index (κ3) is 3.41. The van der Waals surface area contributed by atoms with Crippen molar-refractivity contribution < 1.29 is 18.1 Å². The Labute approximate surface area is 105 Å². The van der Waals surface area contributed by atoms with Crippen LogP contribution in [0.3, 0.4) is 0 Å². The third-order valence-electron chi connectivity index (χ3n) is 2.35. The van der Waals surface area contributed by atoms with Gasteiger partial charge in [-0.05, 0) is 19.4 Å². The van der Waals surface area contributed by atoms with Crippen molar-refractivity contribution in [3.8, 4) is 5.75 Å². The molecule has 0 spiro atoms. The van der Waals surface area contributed by atoms with Crippen molar-refractivity contribution >= 4 is 15.7 Å². The smallest absolute Gasteiger partial charge is 0.271 e. The zero-order valence-corrected chi connectivity index (χ0v) is 10.8. The molecule has 8 heteroatoms. The van der Waals surface area contributed by atoms with Crippen molar-refractivity contribution in [2.45, 2.75) is 31.3 Å². The molecule has 0 saturated carbocycles. The van der Waals surface area contributed by atoms with Crippen molar-refractivity contribution in [3.05, 3.63) is 28.3 Å². The second kappa shape index (κ2) is 5.32. The van der Waals surface area contributed by atoms with E-state index >= 15 is 0 Å². The minimum absolute atomic E-state index is 0.0254. The Hall–Kier alpha value is -1.67. The van der Waals surface area contributed by atoms with Gasteiger partial charge in [-0.2, -0.15) is 0 Å². The van der Waals surface area contributed by atoms with E-state index in [9.17, 15) is 18.5 Å². The van der Waals surface area contributed by atoms with Crippen molar-refractivity contribution in [2.75, 3.05) is 0 Å². The zero-order chi connectivity index (χ0) is 13.9. The molecule has 18 heavy (non-hydrogen) atoms. The number of nitro benzene ring substituents is 1. The van der Waals surface area contributed by atoms with Gasteiger partial charge < -0.3 is 4.74 Å². The summed E-state index contributed by atoms with van der Waals surface area (Å²) in [6.45, 7) is 3.63. The van der Waals surface area contributed by atoms with E-state index < -0.39 is 14.9 Å². The molecule has 0 amide bonds. The van der Waals surface area contributed by atoms with Crippen LogP contribution in [0.25, 0.3) is 0 Å². The fourth-order valence-electron chi connectivity index (χ4n) is 1.23. The van der Waals surface area contributed by atoms with Crippen LogP contribution in [0.1, 0.15) is 20.3 Å². The Balaban J connectivity index is 3.30. The summed E-state index contributed by atoms with van der Waals surface area (Å²) < 4.78 is 28.1. The molecule has 0 aromatic heterocycles. The number of non-ortho nitro benzene ring substituents is 1.